The molecule has 2 aromatic heterocycles. The van der Waals surface area contributed by atoms with Crippen LogP contribution in [0, 0.1) is 5.92 Å². The van der Waals surface area contributed by atoms with E-state index in [1.807, 2.05) is 17.0 Å². The summed E-state index contributed by atoms with van der Waals surface area (Å²) in [6, 6.07) is 3.99. The summed E-state index contributed by atoms with van der Waals surface area (Å²) in [7, 11) is 0. The summed E-state index contributed by atoms with van der Waals surface area (Å²) < 4.78 is 1.73. The normalized spacial score (nSPS) is 20.4. The molecule has 134 valence electrons. The van der Waals surface area contributed by atoms with Crippen molar-refractivity contribution >= 4 is 17.4 Å². The molecule has 0 atom stereocenters. The SMILES string of the molecule is CC(=O)N1CCC(CN2CCN(c3ccc4nncn4n3)CC2)CC1. The third kappa shape index (κ3) is 3.58. The van der Waals surface area contributed by atoms with Crippen molar-refractivity contribution in [3.8, 4) is 0 Å². The zero-order valence-corrected chi connectivity index (χ0v) is 14.7. The molecule has 0 aromatic carbocycles. The van der Waals surface area contributed by atoms with E-state index in [0.29, 0.717) is 5.92 Å². The second-order valence-corrected chi connectivity index (χ2v) is 7.06. The van der Waals surface area contributed by atoms with Gasteiger partial charge in [0.25, 0.3) is 0 Å². The summed E-state index contributed by atoms with van der Waals surface area (Å²) >= 11 is 0. The van der Waals surface area contributed by atoms with Gasteiger partial charge in [-0.05, 0) is 30.9 Å². The van der Waals surface area contributed by atoms with Crippen LogP contribution >= 0.6 is 0 Å². The molecular formula is C17H25N7O. The van der Waals surface area contributed by atoms with Gasteiger partial charge in [0.15, 0.2) is 5.65 Å². The van der Waals surface area contributed by atoms with E-state index in [1.165, 1.54) is 0 Å². The number of hydrogen-bond acceptors (Lipinski definition) is 6. The van der Waals surface area contributed by atoms with E-state index < -0.39 is 0 Å². The van der Waals surface area contributed by atoms with Gasteiger partial charge in [0.05, 0.1) is 0 Å². The van der Waals surface area contributed by atoms with Crippen molar-refractivity contribution < 1.29 is 4.79 Å². The van der Waals surface area contributed by atoms with Crippen molar-refractivity contribution in [2.24, 2.45) is 5.92 Å². The van der Waals surface area contributed by atoms with Crippen molar-refractivity contribution in [3.63, 3.8) is 0 Å². The summed E-state index contributed by atoms with van der Waals surface area (Å²) in [6.07, 6.45) is 3.90. The first-order valence-corrected chi connectivity index (χ1v) is 9.09. The minimum absolute atomic E-state index is 0.213. The Kier molecular flexibility index (Phi) is 4.52. The van der Waals surface area contributed by atoms with Crippen LogP contribution in [0.1, 0.15) is 19.8 Å². The summed E-state index contributed by atoms with van der Waals surface area (Å²) in [5.41, 5.74) is 0.777. The van der Waals surface area contributed by atoms with Gasteiger partial charge >= 0.3 is 0 Å². The van der Waals surface area contributed by atoms with E-state index in [2.05, 4.69) is 25.1 Å². The molecule has 2 fully saturated rings. The second-order valence-electron chi connectivity index (χ2n) is 7.06. The fourth-order valence-electron chi connectivity index (χ4n) is 3.84. The maximum Gasteiger partial charge on any atom is 0.219 e. The van der Waals surface area contributed by atoms with Crippen LogP contribution in [0.5, 0.6) is 0 Å². The highest BCUT2D eigenvalue weighted by Crippen LogP contribution is 2.20. The summed E-state index contributed by atoms with van der Waals surface area (Å²) in [5, 5.41) is 12.5. The van der Waals surface area contributed by atoms with Crippen LogP contribution in [0.3, 0.4) is 0 Å². The topological polar surface area (TPSA) is 69.9 Å². The lowest BCUT2D eigenvalue weighted by Crippen LogP contribution is -2.49. The zero-order valence-electron chi connectivity index (χ0n) is 14.7. The highest BCUT2D eigenvalue weighted by atomic mass is 16.2. The van der Waals surface area contributed by atoms with Crippen LogP contribution < -0.4 is 4.90 Å². The van der Waals surface area contributed by atoms with Crippen molar-refractivity contribution in [3.05, 3.63) is 18.5 Å². The Hall–Kier alpha value is -2.22. The third-order valence-corrected chi connectivity index (χ3v) is 5.42. The standard InChI is InChI=1S/C17H25N7O/c1-14(25)22-6-4-15(5-7-22)12-21-8-10-23(11-9-21)17-3-2-16-19-18-13-24(16)20-17/h2-3,13,15H,4-12H2,1H3. The first-order valence-electron chi connectivity index (χ1n) is 9.09. The van der Waals surface area contributed by atoms with Crippen molar-refractivity contribution in [1.82, 2.24) is 29.6 Å². The van der Waals surface area contributed by atoms with Gasteiger partial charge in [-0.3, -0.25) is 9.69 Å². The fraction of sp³-hybridized carbons (Fsp3) is 0.647. The largest absolute Gasteiger partial charge is 0.353 e. The highest BCUT2D eigenvalue weighted by Gasteiger charge is 2.25. The molecule has 8 heteroatoms. The lowest BCUT2D eigenvalue weighted by Gasteiger charge is -2.39. The van der Waals surface area contributed by atoms with Gasteiger partial charge in [0.2, 0.25) is 5.91 Å². The predicted octanol–water partition coefficient (Wildman–Crippen LogP) is 0.505. The van der Waals surface area contributed by atoms with Crippen molar-refractivity contribution in [2.75, 3.05) is 50.7 Å². The average molecular weight is 343 g/mol. The molecule has 0 aliphatic carbocycles. The smallest absolute Gasteiger partial charge is 0.219 e. The number of aromatic nitrogens is 4. The van der Waals surface area contributed by atoms with E-state index in [-0.39, 0.29) is 5.91 Å². The van der Waals surface area contributed by atoms with E-state index in [1.54, 1.807) is 17.8 Å². The minimum Gasteiger partial charge on any atom is -0.353 e. The number of carbonyl (C=O) groups is 1. The monoisotopic (exact) mass is 343 g/mol. The van der Waals surface area contributed by atoms with Crippen LogP contribution in [0.25, 0.3) is 5.65 Å². The molecule has 25 heavy (non-hydrogen) atoms. The number of hydrogen-bond donors (Lipinski definition) is 0. The lowest BCUT2D eigenvalue weighted by atomic mass is 9.96. The molecule has 0 radical (unpaired) electrons. The Labute approximate surface area is 147 Å². The quantitative estimate of drug-likeness (QED) is 0.809. The molecule has 4 heterocycles. The Balaban J connectivity index is 1.27. The Morgan fingerprint density at radius 1 is 1.12 bits per heavy atom. The number of carbonyl (C=O) groups excluding carboxylic acids is 1. The molecule has 0 N–H and O–H groups in total. The number of anilines is 1. The maximum absolute atomic E-state index is 11.4. The van der Waals surface area contributed by atoms with Crippen LogP contribution in [0.2, 0.25) is 0 Å². The fourth-order valence-corrected chi connectivity index (χ4v) is 3.84. The van der Waals surface area contributed by atoms with Gasteiger partial charge in [0.1, 0.15) is 12.1 Å². The second kappa shape index (κ2) is 6.95. The van der Waals surface area contributed by atoms with E-state index >= 15 is 0 Å². The van der Waals surface area contributed by atoms with E-state index in [0.717, 1.165) is 70.1 Å². The number of rotatable bonds is 3. The molecule has 0 spiro atoms. The molecular weight excluding hydrogens is 318 g/mol. The molecule has 4 rings (SSSR count). The molecule has 1 amide bonds. The number of fused-ring (bicyclic) bond motifs is 1. The van der Waals surface area contributed by atoms with Gasteiger partial charge in [-0.15, -0.1) is 15.3 Å². The van der Waals surface area contributed by atoms with Crippen LogP contribution in [-0.4, -0.2) is 81.3 Å². The predicted molar refractivity (Wildman–Crippen MR) is 94.4 cm³/mol. The first-order chi connectivity index (χ1) is 12.2. The Bertz CT molecular complexity index is 729. The zero-order chi connectivity index (χ0) is 17.2. The number of amides is 1. The molecule has 2 aliphatic rings. The lowest BCUT2D eigenvalue weighted by molar-refractivity contribution is -0.130. The van der Waals surface area contributed by atoms with Crippen molar-refractivity contribution in [1.29, 1.82) is 0 Å². The van der Waals surface area contributed by atoms with Gasteiger partial charge < -0.3 is 9.80 Å². The van der Waals surface area contributed by atoms with E-state index in [9.17, 15) is 4.79 Å². The summed E-state index contributed by atoms with van der Waals surface area (Å²) in [5.74, 6) is 1.92. The van der Waals surface area contributed by atoms with Gasteiger partial charge in [-0.25, -0.2) is 0 Å². The Morgan fingerprint density at radius 2 is 1.88 bits per heavy atom. The van der Waals surface area contributed by atoms with Crippen LogP contribution in [0.4, 0.5) is 5.82 Å². The highest BCUT2D eigenvalue weighted by molar-refractivity contribution is 5.73. The minimum atomic E-state index is 0.213. The Morgan fingerprint density at radius 3 is 2.60 bits per heavy atom. The maximum atomic E-state index is 11.4. The molecule has 2 aromatic rings. The van der Waals surface area contributed by atoms with Gasteiger partial charge in [-0.1, -0.05) is 0 Å². The van der Waals surface area contributed by atoms with Gasteiger partial charge in [0, 0.05) is 52.7 Å². The summed E-state index contributed by atoms with van der Waals surface area (Å²) in [4.78, 5) is 18.3. The molecule has 2 aliphatic heterocycles. The molecule has 0 bridgehead atoms. The third-order valence-electron chi connectivity index (χ3n) is 5.42. The summed E-state index contributed by atoms with van der Waals surface area (Å²) in [6.45, 7) is 8.78. The molecule has 0 saturated carbocycles. The van der Waals surface area contributed by atoms with Crippen LogP contribution in [0.15, 0.2) is 18.5 Å². The number of likely N-dealkylation sites (tertiary alicyclic amines) is 1. The molecule has 0 unspecified atom stereocenters. The van der Waals surface area contributed by atoms with Gasteiger partial charge in [-0.2, -0.15) is 4.52 Å². The molecule has 2 saturated heterocycles. The first kappa shape index (κ1) is 16.3. The number of piperidine rings is 1. The average Bonchev–Trinajstić information content (AvgIpc) is 3.10. The van der Waals surface area contributed by atoms with E-state index in [4.69, 9.17) is 0 Å². The molecule has 8 nitrogen and oxygen atoms in total. The number of piperazine rings is 1. The van der Waals surface area contributed by atoms with Crippen molar-refractivity contribution in [2.45, 2.75) is 19.8 Å². The number of nitrogens with zero attached hydrogens (tertiary/aromatic N) is 7. The van der Waals surface area contributed by atoms with Crippen LogP contribution in [-0.2, 0) is 4.79 Å².